The third kappa shape index (κ3) is 3.10. The van der Waals surface area contributed by atoms with Crippen LogP contribution in [0.15, 0.2) is 24.3 Å². The van der Waals surface area contributed by atoms with E-state index in [1.807, 2.05) is 12.1 Å². The molecule has 0 heterocycles. The topological polar surface area (TPSA) is 43.1 Å². The van der Waals surface area contributed by atoms with Crippen molar-refractivity contribution in [1.82, 2.24) is 0 Å². The fraction of sp³-hybridized carbons (Fsp3) is 0.182. The largest absolute Gasteiger partial charge is 0.330 e. The molecule has 0 bridgehead atoms. The van der Waals surface area contributed by atoms with Gasteiger partial charge >= 0.3 is 0 Å². The average molecular weight is 173 g/mol. The first-order chi connectivity index (χ1) is 6.36. The second-order valence-electron chi connectivity index (χ2n) is 2.58. The minimum Gasteiger partial charge on any atom is -0.330 e. The van der Waals surface area contributed by atoms with Crippen LogP contribution in [0.2, 0.25) is 0 Å². The molecule has 0 saturated heterocycles. The summed E-state index contributed by atoms with van der Waals surface area (Å²) in [7, 11) is 0. The predicted octanol–water partition coefficient (Wildman–Crippen LogP) is 1.20. The molecule has 0 atom stereocenters. The third-order valence-electron chi connectivity index (χ3n) is 1.55. The first kappa shape index (κ1) is 9.50. The standard InChI is InChI=1S/C11H11NO/c12-8-2-1-3-10-4-6-11(9-13)7-5-10/h4-7,9H,2,8,12H2. The van der Waals surface area contributed by atoms with Gasteiger partial charge in [-0.3, -0.25) is 4.79 Å². The van der Waals surface area contributed by atoms with Crippen LogP contribution >= 0.6 is 0 Å². The van der Waals surface area contributed by atoms with Gasteiger partial charge < -0.3 is 5.73 Å². The number of benzene rings is 1. The zero-order valence-electron chi connectivity index (χ0n) is 7.29. The monoisotopic (exact) mass is 173 g/mol. The van der Waals surface area contributed by atoms with Crippen LogP contribution in [0, 0.1) is 11.8 Å². The van der Waals surface area contributed by atoms with Crippen molar-refractivity contribution in [3.05, 3.63) is 35.4 Å². The number of aldehydes is 1. The van der Waals surface area contributed by atoms with Gasteiger partial charge in [0.05, 0.1) is 0 Å². The molecule has 2 heteroatoms. The Morgan fingerprint density at radius 1 is 1.31 bits per heavy atom. The molecular formula is C11H11NO. The lowest BCUT2D eigenvalue weighted by atomic mass is 10.1. The molecule has 0 fully saturated rings. The van der Waals surface area contributed by atoms with Crippen molar-refractivity contribution in [2.24, 2.45) is 5.73 Å². The van der Waals surface area contributed by atoms with Crippen LogP contribution in [0.25, 0.3) is 0 Å². The fourth-order valence-corrected chi connectivity index (χ4v) is 0.882. The number of hydrogen-bond acceptors (Lipinski definition) is 2. The van der Waals surface area contributed by atoms with Crippen molar-refractivity contribution >= 4 is 6.29 Å². The van der Waals surface area contributed by atoms with Gasteiger partial charge in [0.1, 0.15) is 6.29 Å². The van der Waals surface area contributed by atoms with Crippen LogP contribution in [0.5, 0.6) is 0 Å². The first-order valence-electron chi connectivity index (χ1n) is 4.11. The van der Waals surface area contributed by atoms with E-state index in [2.05, 4.69) is 11.8 Å². The normalized spacial score (nSPS) is 8.69. The minimum absolute atomic E-state index is 0.583. The number of rotatable bonds is 2. The van der Waals surface area contributed by atoms with Crippen LogP contribution in [0.4, 0.5) is 0 Å². The van der Waals surface area contributed by atoms with Gasteiger partial charge in [-0.2, -0.15) is 0 Å². The molecule has 13 heavy (non-hydrogen) atoms. The molecule has 0 radical (unpaired) electrons. The summed E-state index contributed by atoms with van der Waals surface area (Å²) in [6.07, 6.45) is 1.52. The van der Waals surface area contributed by atoms with Gasteiger partial charge in [-0.15, -0.1) is 0 Å². The fourth-order valence-electron chi connectivity index (χ4n) is 0.882. The lowest BCUT2D eigenvalue weighted by molar-refractivity contribution is 0.112. The summed E-state index contributed by atoms with van der Waals surface area (Å²) in [5.41, 5.74) is 6.88. The lowest BCUT2D eigenvalue weighted by Gasteiger charge is -1.90. The molecule has 1 rings (SSSR count). The van der Waals surface area contributed by atoms with Crippen LogP contribution in [-0.2, 0) is 0 Å². The van der Waals surface area contributed by atoms with Crippen LogP contribution in [0.3, 0.4) is 0 Å². The van der Waals surface area contributed by atoms with E-state index in [1.165, 1.54) is 0 Å². The molecule has 2 nitrogen and oxygen atoms in total. The van der Waals surface area contributed by atoms with Crippen LogP contribution < -0.4 is 5.73 Å². The zero-order chi connectivity index (χ0) is 9.52. The maximum absolute atomic E-state index is 10.3. The van der Waals surface area contributed by atoms with Gasteiger partial charge in [-0.1, -0.05) is 24.0 Å². The summed E-state index contributed by atoms with van der Waals surface area (Å²) in [5, 5.41) is 0. The highest BCUT2D eigenvalue weighted by Gasteiger charge is 1.88. The summed E-state index contributed by atoms with van der Waals surface area (Å²) in [4.78, 5) is 10.3. The second-order valence-corrected chi connectivity index (χ2v) is 2.58. The SMILES string of the molecule is NCCC#Cc1ccc(C=O)cc1. The Bertz CT molecular complexity index is 329. The second kappa shape index (κ2) is 5.13. The van der Waals surface area contributed by atoms with E-state index in [1.54, 1.807) is 12.1 Å². The van der Waals surface area contributed by atoms with Crippen molar-refractivity contribution in [1.29, 1.82) is 0 Å². The van der Waals surface area contributed by atoms with E-state index in [4.69, 9.17) is 5.73 Å². The maximum atomic E-state index is 10.3. The molecule has 1 aromatic carbocycles. The van der Waals surface area contributed by atoms with Crippen molar-refractivity contribution in [2.75, 3.05) is 6.54 Å². The molecule has 0 unspecified atom stereocenters. The predicted molar refractivity (Wildman–Crippen MR) is 52.4 cm³/mol. The van der Waals surface area contributed by atoms with Gasteiger partial charge in [-0.25, -0.2) is 0 Å². The van der Waals surface area contributed by atoms with Crippen molar-refractivity contribution in [3.8, 4) is 11.8 Å². The van der Waals surface area contributed by atoms with Crippen molar-refractivity contribution in [3.63, 3.8) is 0 Å². The quantitative estimate of drug-likeness (QED) is 0.539. The van der Waals surface area contributed by atoms with Crippen molar-refractivity contribution in [2.45, 2.75) is 6.42 Å². The van der Waals surface area contributed by atoms with Crippen LogP contribution in [-0.4, -0.2) is 12.8 Å². The summed E-state index contributed by atoms with van der Waals surface area (Å²) >= 11 is 0. The third-order valence-corrected chi connectivity index (χ3v) is 1.55. The minimum atomic E-state index is 0.583. The summed E-state index contributed by atoms with van der Waals surface area (Å²) in [6, 6.07) is 7.15. The number of carbonyl (C=O) groups excluding carboxylic acids is 1. The zero-order valence-corrected chi connectivity index (χ0v) is 7.29. The average Bonchev–Trinajstić information content (AvgIpc) is 2.19. The van der Waals surface area contributed by atoms with Gasteiger partial charge in [0.15, 0.2) is 0 Å². The van der Waals surface area contributed by atoms with E-state index >= 15 is 0 Å². The molecule has 66 valence electrons. The maximum Gasteiger partial charge on any atom is 0.150 e. The molecule has 0 aliphatic rings. The highest BCUT2D eigenvalue weighted by Crippen LogP contribution is 2.00. The summed E-state index contributed by atoms with van der Waals surface area (Å²) < 4.78 is 0. The molecule has 0 amide bonds. The van der Waals surface area contributed by atoms with Gasteiger partial charge in [0, 0.05) is 24.1 Å². The summed E-state index contributed by atoms with van der Waals surface area (Å²) in [5.74, 6) is 5.88. The Labute approximate surface area is 77.8 Å². The Balaban J connectivity index is 2.71. The summed E-state index contributed by atoms with van der Waals surface area (Å²) in [6.45, 7) is 0.583. The highest BCUT2D eigenvalue weighted by molar-refractivity contribution is 5.74. The Morgan fingerprint density at radius 2 is 2.00 bits per heavy atom. The highest BCUT2D eigenvalue weighted by atomic mass is 16.1. The first-order valence-corrected chi connectivity index (χ1v) is 4.11. The molecular weight excluding hydrogens is 162 g/mol. The van der Waals surface area contributed by atoms with Crippen LogP contribution in [0.1, 0.15) is 22.3 Å². The van der Waals surface area contributed by atoms with Gasteiger partial charge in [0.2, 0.25) is 0 Å². The Morgan fingerprint density at radius 3 is 2.54 bits per heavy atom. The van der Waals surface area contributed by atoms with E-state index in [9.17, 15) is 4.79 Å². The number of nitrogens with two attached hydrogens (primary N) is 1. The Hall–Kier alpha value is -1.59. The smallest absolute Gasteiger partial charge is 0.150 e. The molecule has 1 aromatic rings. The molecule has 0 saturated carbocycles. The van der Waals surface area contributed by atoms with E-state index in [-0.39, 0.29) is 0 Å². The Kier molecular flexibility index (Phi) is 3.74. The van der Waals surface area contributed by atoms with Gasteiger partial charge in [-0.05, 0) is 12.1 Å². The van der Waals surface area contributed by atoms with E-state index < -0.39 is 0 Å². The molecule has 0 aliphatic carbocycles. The van der Waals surface area contributed by atoms with E-state index in [0.29, 0.717) is 18.5 Å². The molecule has 0 aliphatic heterocycles. The van der Waals surface area contributed by atoms with E-state index in [0.717, 1.165) is 11.8 Å². The van der Waals surface area contributed by atoms with Gasteiger partial charge in [0.25, 0.3) is 0 Å². The lowest BCUT2D eigenvalue weighted by Crippen LogP contribution is -1.95. The molecule has 0 aromatic heterocycles. The molecule has 0 spiro atoms. The number of carbonyl (C=O) groups is 1. The van der Waals surface area contributed by atoms with Crippen molar-refractivity contribution < 1.29 is 4.79 Å². The molecule has 2 N–H and O–H groups in total. The number of hydrogen-bond donors (Lipinski definition) is 1.